The van der Waals surface area contributed by atoms with Crippen LogP contribution in [-0.2, 0) is 42.7 Å². The van der Waals surface area contributed by atoms with Gasteiger partial charge in [0.1, 0.15) is 92.1 Å². The topological polar surface area (TPSA) is 343 Å². The molecule has 4 heterocycles. The van der Waals surface area contributed by atoms with Gasteiger partial charge in [-0.15, -0.1) is 0 Å². The molecule has 5 rings (SSSR count). The molecule has 4 aliphatic heterocycles. The van der Waals surface area contributed by atoms with Gasteiger partial charge in [-0.05, 0) is 23.8 Å². The summed E-state index contributed by atoms with van der Waals surface area (Å²) in [5.74, 6) is -0.792. The van der Waals surface area contributed by atoms with Gasteiger partial charge in [0.2, 0.25) is 0 Å². The van der Waals surface area contributed by atoms with Crippen molar-refractivity contribution in [2.75, 3.05) is 33.5 Å². The Morgan fingerprint density at radius 3 is 2.00 bits per heavy atom. The van der Waals surface area contributed by atoms with Crippen molar-refractivity contribution in [3.05, 3.63) is 29.8 Å². The number of carbonyl (C=O) groups is 1. The van der Waals surface area contributed by atoms with Gasteiger partial charge in [0.15, 0.2) is 36.7 Å². The maximum atomic E-state index is 12.3. The molecule has 0 unspecified atom stereocenters. The predicted molar refractivity (Wildman–Crippen MR) is 169 cm³/mol. The van der Waals surface area contributed by atoms with Crippen LogP contribution in [0.25, 0.3) is 6.08 Å². The monoisotopic (exact) mass is 782 g/mol. The Bertz CT molecular complexity index is 1400. The van der Waals surface area contributed by atoms with Gasteiger partial charge in [-0.25, -0.2) is 4.79 Å². The summed E-state index contributed by atoms with van der Waals surface area (Å²) in [5.41, 5.74) is 0.491. The molecule has 54 heavy (non-hydrogen) atoms. The molecule has 0 bridgehead atoms. The number of esters is 1. The first-order valence-electron chi connectivity index (χ1n) is 16.8. The molecule has 0 aromatic heterocycles. The average molecular weight is 783 g/mol. The minimum atomic E-state index is -2.03. The summed E-state index contributed by atoms with van der Waals surface area (Å²) in [6, 6.07) is 4.34. The number of ether oxygens (including phenoxy) is 9. The molecule has 18 atom stereocenters. The number of hydrogen-bond acceptors (Lipinski definition) is 22. The highest BCUT2D eigenvalue weighted by molar-refractivity contribution is 5.87. The average Bonchev–Trinajstić information content (AvgIpc) is 3.43. The summed E-state index contributed by atoms with van der Waals surface area (Å²) in [5, 5.41) is 124. The van der Waals surface area contributed by atoms with Gasteiger partial charge in [-0.1, -0.05) is 6.07 Å². The number of aliphatic hydroxyl groups is 11. The third-order valence-electron chi connectivity index (χ3n) is 9.29. The normalized spacial score (nSPS) is 43.0. The number of phenolic OH excluding ortho intramolecular Hbond substituents is 1. The number of aromatic hydroxyl groups is 1. The molecule has 12 N–H and O–H groups in total. The first-order chi connectivity index (χ1) is 25.7. The van der Waals surface area contributed by atoms with Crippen molar-refractivity contribution in [3.63, 3.8) is 0 Å². The molecule has 306 valence electrons. The van der Waals surface area contributed by atoms with E-state index in [-0.39, 0.29) is 11.5 Å². The van der Waals surface area contributed by atoms with Crippen LogP contribution in [0.5, 0.6) is 11.5 Å². The number of hydrogen-bond donors (Lipinski definition) is 12. The van der Waals surface area contributed by atoms with Crippen LogP contribution in [-0.4, -0.2) is 211 Å². The van der Waals surface area contributed by atoms with Crippen LogP contribution in [0.4, 0.5) is 0 Å². The summed E-state index contributed by atoms with van der Waals surface area (Å²) >= 11 is 0. The third-order valence-corrected chi connectivity index (χ3v) is 9.29. The molecule has 0 amide bonds. The standard InChI is InChI=1S/C32H46O22/c1-46-14-6-11(2-4-12(14)35)3-5-18(37)47-10-17-22(41)27(29(45)49-17)53-32-28(19(38)13(36)9-48-32)54-31-25(44)26(21(40)16(8-34)51-31)52-30-24(43)23(42)20(39)15(7-33)50-30/h2-6,13,15-17,19-36,38-45H,7-10H2,1H3/t13-,15-,16+,17+,19+,20+,21-,22+,23+,24-,25+,26-,27-,28-,29+,30-,31+,32+/m1/s1. The van der Waals surface area contributed by atoms with Crippen molar-refractivity contribution < 1.29 is 109 Å². The second-order valence-electron chi connectivity index (χ2n) is 12.9. The fourth-order valence-corrected chi connectivity index (χ4v) is 6.18. The second-order valence-corrected chi connectivity index (χ2v) is 12.9. The van der Waals surface area contributed by atoms with E-state index in [4.69, 9.17) is 42.6 Å². The van der Waals surface area contributed by atoms with E-state index in [1.54, 1.807) is 0 Å². The molecule has 0 saturated carbocycles. The molecule has 0 radical (unpaired) electrons. The van der Waals surface area contributed by atoms with E-state index in [0.29, 0.717) is 5.56 Å². The fourth-order valence-electron chi connectivity index (χ4n) is 6.18. The molecular formula is C32H46O22. The molecule has 0 spiro atoms. The zero-order valence-corrected chi connectivity index (χ0v) is 28.6. The van der Waals surface area contributed by atoms with Crippen LogP contribution in [0.15, 0.2) is 24.3 Å². The Balaban J connectivity index is 1.23. The molecule has 4 fully saturated rings. The van der Waals surface area contributed by atoms with Crippen molar-refractivity contribution in [1.82, 2.24) is 0 Å². The molecule has 0 aliphatic carbocycles. The number of carbonyl (C=O) groups excluding carboxylic acids is 1. The van der Waals surface area contributed by atoms with E-state index in [9.17, 15) is 66.1 Å². The summed E-state index contributed by atoms with van der Waals surface area (Å²) < 4.78 is 48.7. The van der Waals surface area contributed by atoms with Crippen molar-refractivity contribution in [2.24, 2.45) is 0 Å². The highest BCUT2D eigenvalue weighted by Gasteiger charge is 2.54. The van der Waals surface area contributed by atoms with Gasteiger partial charge in [-0.3, -0.25) is 0 Å². The smallest absolute Gasteiger partial charge is 0.330 e. The van der Waals surface area contributed by atoms with Crippen molar-refractivity contribution in [2.45, 2.75) is 111 Å². The van der Waals surface area contributed by atoms with Gasteiger partial charge in [0.05, 0.1) is 26.9 Å². The lowest BCUT2D eigenvalue weighted by Gasteiger charge is -2.47. The van der Waals surface area contributed by atoms with Crippen LogP contribution in [0.1, 0.15) is 5.56 Å². The van der Waals surface area contributed by atoms with E-state index in [2.05, 4.69) is 0 Å². The van der Waals surface area contributed by atoms with Gasteiger partial charge >= 0.3 is 5.97 Å². The maximum Gasteiger partial charge on any atom is 0.330 e. The van der Waals surface area contributed by atoms with Crippen LogP contribution in [0, 0.1) is 0 Å². The van der Waals surface area contributed by atoms with Gasteiger partial charge in [0.25, 0.3) is 0 Å². The van der Waals surface area contributed by atoms with E-state index >= 15 is 0 Å². The molecule has 1 aromatic carbocycles. The summed E-state index contributed by atoms with van der Waals surface area (Å²) in [6.45, 7) is -2.80. The predicted octanol–water partition coefficient (Wildman–Crippen LogP) is -6.49. The van der Waals surface area contributed by atoms with Crippen LogP contribution < -0.4 is 4.74 Å². The Morgan fingerprint density at radius 1 is 0.722 bits per heavy atom. The van der Waals surface area contributed by atoms with Crippen molar-refractivity contribution in [1.29, 1.82) is 0 Å². The number of rotatable bonds is 13. The number of phenols is 1. The van der Waals surface area contributed by atoms with E-state index < -0.39 is 143 Å². The third kappa shape index (κ3) is 9.29. The highest BCUT2D eigenvalue weighted by Crippen LogP contribution is 2.34. The van der Waals surface area contributed by atoms with E-state index in [0.717, 1.165) is 6.08 Å². The molecular weight excluding hydrogens is 736 g/mol. The summed E-state index contributed by atoms with van der Waals surface area (Å²) in [7, 11) is 1.35. The SMILES string of the molecule is COc1cc(C=CC(=O)OC[C@@H]2O[C@H](O)[C@H](O[C@@H]3OC[C@@H](O)[C@H](O)[C@H]3O[C@@H]3O[C@@H](CO)[C@@H](O)[C@@H](O[C@H]4O[C@H](CO)[C@H](O)[C@H](O)[C@H]4O)[C@@H]3O)[C@H]2O)ccc1O. The van der Waals surface area contributed by atoms with Crippen molar-refractivity contribution >= 4 is 12.0 Å². The Kier molecular flexibility index (Phi) is 14.5. The van der Waals surface area contributed by atoms with Gasteiger partial charge in [0, 0.05) is 6.08 Å². The molecule has 1 aromatic rings. The quantitative estimate of drug-likeness (QED) is 0.0654. The fraction of sp³-hybridized carbons (Fsp3) is 0.719. The highest BCUT2D eigenvalue weighted by atomic mass is 16.8. The molecule has 4 aliphatic rings. The van der Waals surface area contributed by atoms with E-state index in [1.807, 2.05) is 0 Å². The molecule has 22 nitrogen and oxygen atoms in total. The summed E-state index contributed by atoms with van der Waals surface area (Å²) in [6.07, 6.45) is -29.0. The largest absolute Gasteiger partial charge is 0.504 e. The van der Waals surface area contributed by atoms with E-state index in [1.165, 1.54) is 31.4 Å². The number of aliphatic hydroxyl groups excluding tert-OH is 11. The number of benzene rings is 1. The number of methoxy groups -OCH3 is 1. The Morgan fingerprint density at radius 2 is 1.33 bits per heavy atom. The lowest BCUT2D eigenvalue weighted by Crippen LogP contribution is -2.66. The zero-order valence-electron chi connectivity index (χ0n) is 28.6. The first kappa shape index (κ1) is 42.5. The first-order valence-corrected chi connectivity index (χ1v) is 16.8. The lowest BCUT2D eigenvalue weighted by molar-refractivity contribution is -0.384. The van der Waals surface area contributed by atoms with Crippen LogP contribution in [0.2, 0.25) is 0 Å². The maximum absolute atomic E-state index is 12.3. The molecule has 22 heteroatoms. The minimum absolute atomic E-state index is 0.106. The van der Waals surface area contributed by atoms with Gasteiger partial charge in [-0.2, -0.15) is 0 Å². The lowest BCUT2D eigenvalue weighted by atomic mass is 9.96. The zero-order chi connectivity index (χ0) is 39.4. The Hall–Kier alpha value is -2.69. The Labute approximate surface area is 306 Å². The van der Waals surface area contributed by atoms with Crippen LogP contribution in [0.3, 0.4) is 0 Å². The van der Waals surface area contributed by atoms with Crippen LogP contribution >= 0.6 is 0 Å². The minimum Gasteiger partial charge on any atom is -0.504 e. The van der Waals surface area contributed by atoms with Crippen molar-refractivity contribution in [3.8, 4) is 11.5 Å². The second kappa shape index (κ2) is 18.5. The van der Waals surface area contributed by atoms with Gasteiger partial charge < -0.3 is 104 Å². The molecule has 4 saturated heterocycles. The summed E-state index contributed by atoms with van der Waals surface area (Å²) in [4.78, 5) is 12.3.